The van der Waals surface area contributed by atoms with Crippen molar-refractivity contribution < 1.29 is 10.3 Å². The first-order valence-electron chi connectivity index (χ1n) is 8.80. The van der Waals surface area contributed by atoms with Gasteiger partial charge in [-0.2, -0.15) is 0 Å². The molecule has 23 heavy (non-hydrogen) atoms. The number of nitrogens with zero attached hydrogens (tertiary/aromatic N) is 1. The third-order valence-electron chi connectivity index (χ3n) is 4.16. The second-order valence-electron chi connectivity index (χ2n) is 6.27. The lowest BCUT2D eigenvalue weighted by Crippen LogP contribution is -2.03. The average molecular weight is 384 g/mol. The van der Waals surface area contributed by atoms with Crippen molar-refractivity contribution in [3.05, 3.63) is 27.7 Å². The molecule has 1 aromatic rings. The van der Waals surface area contributed by atoms with Crippen molar-refractivity contribution in [2.24, 2.45) is 5.16 Å². The Morgan fingerprint density at radius 2 is 1.57 bits per heavy atom. The maximum absolute atomic E-state index is 10.1. The molecule has 0 aliphatic rings. The van der Waals surface area contributed by atoms with E-state index in [1.54, 1.807) is 0 Å². The number of unbranched alkanes of at least 4 members (excludes halogenated alkanes) is 8. The van der Waals surface area contributed by atoms with Gasteiger partial charge in [-0.15, -0.1) is 0 Å². The molecule has 3 nitrogen and oxygen atoms in total. The van der Waals surface area contributed by atoms with Crippen LogP contribution in [-0.2, 0) is 0 Å². The van der Waals surface area contributed by atoms with Crippen LogP contribution in [0.4, 0.5) is 0 Å². The lowest BCUT2D eigenvalue weighted by molar-refractivity contribution is 0.317. The summed E-state index contributed by atoms with van der Waals surface area (Å²) in [6.07, 6.45) is 12.0. The Balaban J connectivity index is 2.33. The van der Waals surface area contributed by atoms with E-state index >= 15 is 0 Å². The molecule has 0 bridgehead atoms. The molecule has 0 amide bonds. The smallest absolute Gasteiger partial charge is 0.138 e. The Hall–Kier alpha value is -1.03. The molecule has 130 valence electrons. The quantitative estimate of drug-likeness (QED) is 0.196. The molecule has 1 rings (SSSR count). The van der Waals surface area contributed by atoms with Crippen molar-refractivity contribution in [3.8, 4) is 5.75 Å². The van der Waals surface area contributed by atoms with Gasteiger partial charge in [0, 0.05) is 5.56 Å². The number of phenols is 1. The highest BCUT2D eigenvalue weighted by Gasteiger charge is 2.13. The number of phenolic OH excluding ortho intramolecular Hbond substituents is 1. The second kappa shape index (κ2) is 11.5. The Bertz CT molecular complexity index is 500. The normalized spacial score (nSPS) is 11.9. The van der Waals surface area contributed by atoms with E-state index in [2.05, 4.69) is 28.0 Å². The third-order valence-corrected chi connectivity index (χ3v) is 4.76. The van der Waals surface area contributed by atoms with Crippen molar-refractivity contribution in [1.82, 2.24) is 0 Å². The lowest BCUT2D eigenvalue weighted by Gasteiger charge is -2.10. The summed E-state index contributed by atoms with van der Waals surface area (Å²) in [5.41, 5.74) is 2.21. The highest BCUT2D eigenvalue weighted by Crippen LogP contribution is 2.30. The molecule has 0 aromatic heterocycles. The number of hydrogen-bond acceptors (Lipinski definition) is 3. The van der Waals surface area contributed by atoms with E-state index in [9.17, 15) is 10.3 Å². The lowest BCUT2D eigenvalue weighted by atomic mass is 10.00. The van der Waals surface area contributed by atoms with E-state index in [-0.39, 0.29) is 5.75 Å². The van der Waals surface area contributed by atoms with Gasteiger partial charge < -0.3 is 10.3 Å². The van der Waals surface area contributed by atoms with E-state index < -0.39 is 0 Å². The van der Waals surface area contributed by atoms with Crippen LogP contribution in [-0.4, -0.2) is 16.0 Å². The monoisotopic (exact) mass is 383 g/mol. The zero-order valence-corrected chi connectivity index (χ0v) is 16.0. The highest BCUT2D eigenvalue weighted by atomic mass is 79.9. The van der Waals surface area contributed by atoms with Crippen molar-refractivity contribution in [2.75, 3.05) is 0 Å². The van der Waals surface area contributed by atoms with Crippen molar-refractivity contribution in [2.45, 2.75) is 78.1 Å². The number of benzene rings is 1. The number of rotatable bonds is 11. The molecule has 0 heterocycles. The number of halogens is 1. The number of aryl methyl sites for hydroxylation is 1. The fourth-order valence-electron chi connectivity index (χ4n) is 2.80. The Morgan fingerprint density at radius 1 is 1.00 bits per heavy atom. The fraction of sp³-hybridized carbons (Fsp3) is 0.632. The summed E-state index contributed by atoms with van der Waals surface area (Å²) in [7, 11) is 0. The van der Waals surface area contributed by atoms with Gasteiger partial charge in [0.05, 0.1) is 10.2 Å². The van der Waals surface area contributed by atoms with E-state index in [1.807, 2.05) is 19.1 Å². The van der Waals surface area contributed by atoms with Gasteiger partial charge in [0.2, 0.25) is 0 Å². The number of aromatic hydroxyl groups is 1. The molecular weight excluding hydrogens is 354 g/mol. The van der Waals surface area contributed by atoms with Crippen LogP contribution in [0.1, 0.15) is 82.3 Å². The van der Waals surface area contributed by atoms with Gasteiger partial charge in [-0.3, -0.25) is 0 Å². The molecular formula is C19H30BrNO2. The van der Waals surface area contributed by atoms with Crippen LogP contribution < -0.4 is 0 Å². The fourth-order valence-corrected chi connectivity index (χ4v) is 3.37. The predicted octanol–water partition coefficient (Wildman–Crippen LogP) is 6.56. The maximum atomic E-state index is 10.1. The molecule has 0 atom stereocenters. The predicted molar refractivity (Wildman–Crippen MR) is 101 cm³/mol. The Labute approximate surface area is 148 Å². The van der Waals surface area contributed by atoms with Gasteiger partial charge in [0.1, 0.15) is 5.75 Å². The van der Waals surface area contributed by atoms with Crippen molar-refractivity contribution >= 4 is 21.6 Å². The number of hydrogen-bond donors (Lipinski definition) is 2. The standard InChI is InChI=1S/C19H30BrNO2/c1-3-4-5-6-7-8-9-10-11-12-18(21-23)16-13-15(2)14-17(20)19(16)22/h13-14,22-23H,3-12H2,1-2H3/b21-18-. The van der Waals surface area contributed by atoms with Crippen LogP contribution in [0, 0.1) is 6.92 Å². The SMILES string of the molecule is CCCCCCCCCCC/C(=N/O)c1cc(C)cc(Br)c1O. The van der Waals surface area contributed by atoms with Gasteiger partial charge in [-0.1, -0.05) is 63.4 Å². The topological polar surface area (TPSA) is 52.8 Å². The summed E-state index contributed by atoms with van der Waals surface area (Å²) >= 11 is 3.34. The molecule has 0 spiro atoms. The largest absolute Gasteiger partial charge is 0.506 e. The molecule has 0 radical (unpaired) electrons. The molecule has 0 unspecified atom stereocenters. The van der Waals surface area contributed by atoms with Crippen molar-refractivity contribution in [3.63, 3.8) is 0 Å². The zero-order chi connectivity index (χ0) is 17.1. The van der Waals surface area contributed by atoms with Crippen LogP contribution in [0.2, 0.25) is 0 Å². The van der Waals surface area contributed by atoms with E-state index in [4.69, 9.17) is 0 Å². The van der Waals surface area contributed by atoms with Crippen LogP contribution in [0.3, 0.4) is 0 Å². The molecule has 4 heteroatoms. The van der Waals surface area contributed by atoms with Crippen LogP contribution >= 0.6 is 15.9 Å². The Kier molecular flexibility index (Phi) is 10.0. The summed E-state index contributed by atoms with van der Waals surface area (Å²) in [5, 5.41) is 22.8. The van der Waals surface area contributed by atoms with Crippen LogP contribution in [0.25, 0.3) is 0 Å². The summed E-state index contributed by atoms with van der Waals surface area (Å²) in [6, 6.07) is 3.72. The third kappa shape index (κ3) is 7.38. The molecule has 0 aliphatic heterocycles. The average Bonchev–Trinajstić information content (AvgIpc) is 2.53. The van der Waals surface area contributed by atoms with Gasteiger partial charge in [0.15, 0.2) is 0 Å². The van der Waals surface area contributed by atoms with E-state index in [0.29, 0.717) is 22.2 Å². The molecule has 0 aliphatic carbocycles. The minimum Gasteiger partial charge on any atom is -0.506 e. The summed E-state index contributed by atoms with van der Waals surface area (Å²) in [6.45, 7) is 4.20. The molecule has 1 aromatic carbocycles. The molecule has 2 N–H and O–H groups in total. The molecule has 0 saturated carbocycles. The van der Waals surface area contributed by atoms with Gasteiger partial charge in [-0.25, -0.2) is 0 Å². The van der Waals surface area contributed by atoms with Crippen LogP contribution in [0.15, 0.2) is 21.8 Å². The second-order valence-corrected chi connectivity index (χ2v) is 7.12. The first-order chi connectivity index (χ1) is 11.1. The van der Waals surface area contributed by atoms with E-state index in [1.165, 1.54) is 44.9 Å². The zero-order valence-electron chi connectivity index (χ0n) is 14.4. The van der Waals surface area contributed by atoms with Gasteiger partial charge in [0.25, 0.3) is 0 Å². The van der Waals surface area contributed by atoms with E-state index in [0.717, 1.165) is 18.4 Å². The Morgan fingerprint density at radius 3 is 2.13 bits per heavy atom. The van der Waals surface area contributed by atoms with Crippen LogP contribution in [0.5, 0.6) is 5.75 Å². The first-order valence-corrected chi connectivity index (χ1v) is 9.59. The summed E-state index contributed by atoms with van der Waals surface area (Å²) < 4.78 is 0.640. The molecule has 0 fully saturated rings. The summed E-state index contributed by atoms with van der Waals surface area (Å²) in [4.78, 5) is 0. The first kappa shape index (κ1) is 20.0. The highest BCUT2D eigenvalue weighted by molar-refractivity contribution is 9.10. The molecule has 0 saturated heterocycles. The van der Waals surface area contributed by atoms with Gasteiger partial charge >= 0.3 is 0 Å². The van der Waals surface area contributed by atoms with Gasteiger partial charge in [-0.05, 0) is 53.4 Å². The number of oxime groups is 1. The minimum atomic E-state index is 0.152. The summed E-state index contributed by atoms with van der Waals surface area (Å²) in [5.74, 6) is 0.152. The minimum absolute atomic E-state index is 0.152. The maximum Gasteiger partial charge on any atom is 0.138 e. The van der Waals surface area contributed by atoms with Crippen molar-refractivity contribution in [1.29, 1.82) is 0 Å².